The lowest BCUT2D eigenvalue weighted by molar-refractivity contribution is 0.130. The maximum Gasteiger partial charge on any atom is 0.407 e. The molecule has 1 aromatic heterocycles. The molecule has 2 fully saturated rings. The largest absolute Gasteiger partial charge is 0.465 e. The summed E-state index contributed by atoms with van der Waals surface area (Å²) < 4.78 is 0. The summed E-state index contributed by atoms with van der Waals surface area (Å²) in [6, 6.07) is 8.78. The standard InChI is InChI=1S/C20H27N3O2/c24-20(25)23-10-3-4-16(23)9-13-22-11-7-15(8-12-22)18-14-21-19-6-2-1-5-17(18)19/h1-2,5-6,14-16,21H,3-4,7-13H2,(H,24,25). The van der Waals surface area contributed by atoms with Gasteiger partial charge in [-0.3, -0.25) is 0 Å². The minimum atomic E-state index is -0.749. The van der Waals surface area contributed by atoms with Crippen LogP contribution in [-0.2, 0) is 0 Å². The van der Waals surface area contributed by atoms with Crippen molar-refractivity contribution in [2.24, 2.45) is 0 Å². The Morgan fingerprint density at radius 2 is 1.96 bits per heavy atom. The van der Waals surface area contributed by atoms with Gasteiger partial charge in [-0.25, -0.2) is 4.79 Å². The molecule has 4 rings (SSSR count). The van der Waals surface area contributed by atoms with E-state index in [9.17, 15) is 9.90 Å². The predicted octanol–water partition coefficient (Wildman–Crippen LogP) is 3.88. The van der Waals surface area contributed by atoms with Crippen LogP contribution in [0, 0.1) is 0 Å². The lowest BCUT2D eigenvalue weighted by Gasteiger charge is -2.33. The fourth-order valence-corrected chi connectivity index (χ4v) is 4.62. The van der Waals surface area contributed by atoms with Crippen molar-refractivity contribution in [1.29, 1.82) is 0 Å². The zero-order chi connectivity index (χ0) is 17.2. The van der Waals surface area contributed by atoms with Gasteiger partial charge in [-0.15, -0.1) is 0 Å². The van der Waals surface area contributed by atoms with Gasteiger partial charge >= 0.3 is 6.09 Å². The number of rotatable bonds is 4. The summed E-state index contributed by atoms with van der Waals surface area (Å²) in [5.41, 5.74) is 2.69. The van der Waals surface area contributed by atoms with Gasteiger partial charge in [0.25, 0.3) is 0 Å². The zero-order valence-electron chi connectivity index (χ0n) is 14.7. The average molecular weight is 341 g/mol. The van der Waals surface area contributed by atoms with E-state index in [-0.39, 0.29) is 6.04 Å². The van der Waals surface area contributed by atoms with Crippen LogP contribution < -0.4 is 0 Å². The van der Waals surface area contributed by atoms with Gasteiger partial charge in [0.15, 0.2) is 0 Å². The molecule has 0 aliphatic carbocycles. The number of H-pyrrole nitrogens is 1. The first-order valence-corrected chi connectivity index (χ1v) is 9.50. The number of hydrogen-bond donors (Lipinski definition) is 2. The highest BCUT2D eigenvalue weighted by Gasteiger charge is 2.29. The second-order valence-electron chi connectivity index (χ2n) is 7.47. The van der Waals surface area contributed by atoms with Crippen LogP contribution >= 0.6 is 0 Å². The molecule has 1 aromatic carbocycles. The Kier molecular flexibility index (Phi) is 4.66. The van der Waals surface area contributed by atoms with E-state index < -0.39 is 6.09 Å². The maximum absolute atomic E-state index is 11.3. The first kappa shape index (κ1) is 16.5. The van der Waals surface area contributed by atoms with Crippen molar-refractivity contribution in [3.8, 4) is 0 Å². The van der Waals surface area contributed by atoms with Crippen LogP contribution in [0.5, 0.6) is 0 Å². The average Bonchev–Trinajstić information content (AvgIpc) is 3.27. The van der Waals surface area contributed by atoms with Crippen LogP contribution in [0.4, 0.5) is 4.79 Å². The van der Waals surface area contributed by atoms with E-state index in [1.807, 2.05) is 0 Å². The number of fused-ring (bicyclic) bond motifs is 1. The first-order valence-electron chi connectivity index (χ1n) is 9.50. The number of nitrogens with zero attached hydrogens (tertiary/aromatic N) is 2. The number of piperidine rings is 1. The molecule has 0 spiro atoms. The van der Waals surface area contributed by atoms with Crippen molar-refractivity contribution >= 4 is 17.0 Å². The van der Waals surface area contributed by atoms with E-state index >= 15 is 0 Å². The fourth-order valence-electron chi connectivity index (χ4n) is 4.62. The lowest BCUT2D eigenvalue weighted by atomic mass is 9.89. The van der Waals surface area contributed by atoms with E-state index in [4.69, 9.17) is 0 Å². The molecule has 0 bridgehead atoms. The number of carbonyl (C=O) groups is 1. The molecular formula is C20H27N3O2. The van der Waals surface area contributed by atoms with Crippen molar-refractivity contribution in [1.82, 2.24) is 14.8 Å². The Morgan fingerprint density at radius 1 is 1.16 bits per heavy atom. The summed E-state index contributed by atoms with van der Waals surface area (Å²) in [5.74, 6) is 0.634. The van der Waals surface area contributed by atoms with Crippen LogP contribution in [0.3, 0.4) is 0 Å². The molecule has 1 amide bonds. The highest BCUT2D eigenvalue weighted by molar-refractivity contribution is 5.83. The van der Waals surface area contributed by atoms with Crippen molar-refractivity contribution in [3.63, 3.8) is 0 Å². The molecular weight excluding hydrogens is 314 g/mol. The lowest BCUT2D eigenvalue weighted by Crippen LogP contribution is -2.39. The van der Waals surface area contributed by atoms with Crippen molar-refractivity contribution in [3.05, 3.63) is 36.0 Å². The van der Waals surface area contributed by atoms with Crippen LogP contribution in [0.15, 0.2) is 30.5 Å². The number of likely N-dealkylation sites (tertiary alicyclic amines) is 2. The van der Waals surface area contributed by atoms with Gasteiger partial charge in [-0.1, -0.05) is 18.2 Å². The molecule has 1 atom stereocenters. The third-order valence-electron chi connectivity index (χ3n) is 6.05. The fraction of sp³-hybridized carbons (Fsp3) is 0.550. The van der Waals surface area contributed by atoms with E-state index in [1.54, 1.807) is 4.90 Å². The minimum Gasteiger partial charge on any atom is -0.465 e. The van der Waals surface area contributed by atoms with Gasteiger partial charge in [0.2, 0.25) is 0 Å². The van der Waals surface area contributed by atoms with Crippen LogP contribution in [0.1, 0.15) is 43.6 Å². The van der Waals surface area contributed by atoms with E-state index in [0.717, 1.165) is 38.9 Å². The van der Waals surface area contributed by atoms with Crippen LogP contribution in [0.2, 0.25) is 0 Å². The van der Waals surface area contributed by atoms with Gasteiger partial charge in [0, 0.05) is 36.2 Å². The molecule has 2 saturated heterocycles. The Morgan fingerprint density at radius 3 is 2.76 bits per heavy atom. The number of hydrogen-bond acceptors (Lipinski definition) is 2. The number of para-hydroxylation sites is 1. The van der Waals surface area contributed by atoms with Gasteiger partial charge in [0.1, 0.15) is 0 Å². The summed E-state index contributed by atoms with van der Waals surface area (Å²) in [7, 11) is 0. The molecule has 25 heavy (non-hydrogen) atoms. The second-order valence-corrected chi connectivity index (χ2v) is 7.47. The summed E-state index contributed by atoms with van der Waals surface area (Å²) in [6.45, 7) is 3.96. The number of nitrogens with one attached hydrogen (secondary N) is 1. The Hall–Kier alpha value is -2.01. The topological polar surface area (TPSA) is 59.6 Å². The van der Waals surface area contributed by atoms with Crippen LogP contribution in [-0.4, -0.2) is 58.2 Å². The summed E-state index contributed by atoms with van der Waals surface area (Å²) in [6.07, 6.45) is 6.83. The van der Waals surface area contributed by atoms with E-state index in [2.05, 4.69) is 40.3 Å². The molecule has 0 saturated carbocycles. The maximum atomic E-state index is 11.3. The Balaban J connectivity index is 1.31. The number of benzene rings is 1. The quantitative estimate of drug-likeness (QED) is 0.887. The summed E-state index contributed by atoms with van der Waals surface area (Å²) in [4.78, 5) is 18.8. The summed E-state index contributed by atoms with van der Waals surface area (Å²) >= 11 is 0. The second kappa shape index (κ2) is 7.08. The molecule has 5 heteroatoms. The molecule has 2 aromatic rings. The molecule has 134 valence electrons. The number of amides is 1. The molecule has 0 radical (unpaired) electrons. The first-order chi connectivity index (χ1) is 12.2. The van der Waals surface area contributed by atoms with E-state index in [1.165, 1.54) is 29.3 Å². The minimum absolute atomic E-state index is 0.226. The highest BCUT2D eigenvalue weighted by Crippen LogP contribution is 2.33. The van der Waals surface area contributed by atoms with Crippen molar-refractivity contribution in [2.75, 3.05) is 26.2 Å². The van der Waals surface area contributed by atoms with Crippen molar-refractivity contribution in [2.45, 2.75) is 44.1 Å². The number of carboxylic acid groups (broad SMARTS) is 1. The predicted molar refractivity (Wildman–Crippen MR) is 99.1 cm³/mol. The number of aromatic nitrogens is 1. The SMILES string of the molecule is O=C(O)N1CCCC1CCN1CCC(c2c[nH]c3ccccc23)CC1. The molecule has 1 unspecified atom stereocenters. The molecule has 3 heterocycles. The van der Waals surface area contributed by atoms with Gasteiger partial charge in [-0.2, -0.15) is 0 Å². The summed E-state index contributed by atoms with van der Waals surface area (Å²) in [5, 5.41) is 10.6. The van der Waals surface area contributed by atoms with Gasteiger partial charge < -0.3 is 19.9 Å². The Labute approximate surface area is 148 Å². The molecule has 2 aliphatic heterocycles. The van der Waals surface area contributed by atoms with Gasteiger partial charge in [-0.05, 0) is 62.7 Å². The third kappa shape index (κ3) is 3.38. The smallest absolute Gasteiger partial charge is 0.407 e. The molecule has 2 aliphatic rings. The van der Waals surface area contributed by atoms with Crippen LogP contribution in [0.25, 0.3) is 10.9 Å². The third-order valence-corrected chi connectivity index (χ3v) is 6.05. The zero-order valence-corrected chi connectivity index (χ0v) is 14.7. The molecule has 2 N–H and O–H groups in total. The normalized spacial score (nSPS) is 22.7. The van der Waals surface area contributed by atoms with E-state index in [0.29, 0.717) is 12.5 Å². The monoisotopic (exact) mass is 341 g/mol. The Bertz CT molecular complexity index is 733. The van der Waals surface area contributed by atoms with Gasteiger partial charge in [0.05, 0.1) is 0 Å². The highest BCUT2D eigenvalue weighted by atomic mass is 16.4. The molecule has 5 nitrogen and oxygen atoms in total. The number of aromatic amines is 1. The van der Waals surface area contributed by atoms with Crippen molar-refractivity contribution < 1.29 is 9.90 Å².